The zero-order chi connectivity index (χ0) is 23.8. The first kappa shape index (κ1) is 23.8. The quantitative estimate of drug-likeness (QED) is 0.518. The van der Waals surface area contributed by atoms with E-state index in [9.17, 15) is 15.3 Å². The van der Waals surface area contributed by atoms with Gasteiger partial charge in [-0.15, -0.1) is 0 Å². The molecule has 2 aromatic rings. The minimum atomic E-state index is -0.844. The zero-order valence-corrected chi connectivity index (χ0v) is 19.9. The molecule has 1 aliphatic heterocycles. The molecule has 1 heterocycles. The van der Waals surface area contributed by atoms with E-state index in [0.29, 0.717) is 18.6 Å². The summed E-state index contributed by atoms with van der Waals surface area (Å²) in [6.07, 6.45) is 4.15. The van der Waals surface area contributed by atoms with Gasteiger partial charge in [-0.2, -0.15) is 0 Å². The number of aliphatic hydroxyl groups is 3. The van der Waals surface area contributed by atoms with Crippen molar-refractivity contribution in [3.05, 3.63) is 71.8 Å². The summed E-state index contributed by atoms with van der Waals surface area (Å²) in [6, 6.07) is 15.6. The minimum Gasteiger partial charge on any atom is -0.489 e. The number of hydrogen-bond acceptors (Lipinski definition) is 5. The third-order valence-electron chi connectivity index (χ3n) is 6.85. The third-order valence-corrected chi connectivity index (χ3v) is 6.85. The van der Waals surface area contributed by atoms with Gasteiger partial charge in [-0.1, -0.05) is 48.6 Å². The molecule has 5 atom stereocenters. The molecule has 5 heteroatoms. The van der Waals surface area contributed by atoms with Crippen LogP contribution in [0.2, 0.25) is 0 Å². The summed E-state index contributed by atoms with van der Waals surface area (Å²) >= 11 is 0. The molecule has 3 N–H and O–H groups in total. The molecule has 1 saturated carbocycles. The molecule has 0 unspecified atom stereocenters. The van der Waals surface area contributed by atoms with E-state index >= 15 is 0 Å². The molecule has 4 rings (SSSR count). The van der Waals surface area contributed by atoms with E-state index in [4.69, 9.17) is 9.47 Å². The second kappa shape index (κ2) is 9.13. The lowest BCUT2D eigenvalue weighted by molar-refractivity contribution is -0.00221. The van der Waals surface area contributed by atoms with Crippen LogP contribution in [0, 0.1) is 5.92 Å². The van der Waals surface area contributed by atoms with Crippen LogP contribution >= 0.6 is 0 Å². The Morgan fingerprint density at radius 2 is 1.82 bits per heavy atom. The highest BCUT2D eigenvalue weighted by atomic mass is 16.5. The first-order valence-corrected chi connectivity index (χ1v) is 11.8. The molecule has 1 aliphatic carbocycles. The Labute approximate surface area is 196 Å². The topological polar surface area (TPSA) is 79.2 Å². The van der Waals surface area contributed by atoms with Gasteiger partial charge in [0, 0.05) is 23.8 Å². The summed E-state index contributed by atoms with van der Waals surface area (Å²) in [6.45, 7) is 7.34. The van der Waals surface area contributed by atoms with E-state index in [1.54, 1.807) is 6.08 Å². The average molecular weight is 453 g/mol. The number of para-hydroxylation sites is 2. The molecule has 0 saturated heterocycles. The van der Waals surface area contributed by atoms with Gasteiger partial charge in [0.25, 0.3) is 0 Å². The average Bonchev–Trinajstić information content (AvgIpc) is 3.25. The van der Waals surface area contributed by atoms with Crippen molar-refractivity contribution in [2.75, 3.05) is 0 Å². The molecular weight excluding hydrogens is 416 g/mol. The van der Waals surface area contributed by atoms with Gasteiger partial charge in [-0.3, -0.25) is 0 Å². The van der Waals surface area contributed by atoms with E-state index in [-0.39, 0.29) is 17.9 Å². The number of benzene rings is 2. The lowest BCUT2D eigenvalue weighted by Crippen LogP contribution is -2.41. The summed E-state index contributed by atoms with van der Waals surface area (Å²) < 4.78 is 12.3. The Hall–Kier alpha value is -2.34. The van der Waals surface area contributed by atoms with Crippen molar-refractivity contribution >= 4 is 0 Å². The summed E-state index contributed by atoms with van der Waals surface area (Å²) in [4.78, 5) is 0. The van der Waals surface area contributed by atoms with E-state index in [1.165, 1.54) is 0 Å². The van der Waals surface area contributed by atoms with Gasteiger partial charge in [-0.05, 0) is 58.2 Å². The monoisotopic (exact) mass is 452 g/mol. The molecular formula is C28H36O5. The van der Waals surface area contributed by atoms with Crippen LogP contribution in [0.4, 0.5) is 0 Å². The first-order chi connectivity index (χ1) is 15.5. The van der Waals surface area contributed by atoms with E-state index in [0.717, 1.165) is 23.3 Å². The lowest BCUT2D eigenvalue weighted by Gasteiger charge is -2.30. The Morgan fingerprint density at radius 1 is 1.09 bits per heavy atom. The van der Waals surface area contributed by atoms with Crippen molar-refractivity contribution in [1.82, 2.24) is 0 Å². The Balaban J connectivity index is 1.51. The summed E-state index contributed by atoms with van der Waals surface area (Å²) in [7, 11) is 0. The van der Waals surface area contributed by atoms with Crippen LogP contribution in [0.1, 0.15) is 57.6 Å². The molecule has 178 valence electrons. The molecule has 0 spiro atoms. The van der Waals surface area contributed by atoms with E-state index in [1.807, 2.05) is 70.2 Å². The molecule has 0 radical (unpaired) electrons. The highest BCUT2D eigenvalue weighted by molar-refractivity contribution is 5.49. The zero-order valence-electron chi connectivity index (χ0n) is 19.9. The number of hydrogen-bond donors (Lipinski definition) is 3. The van der Waals surface area contributed by atoms with Crippen LogP contribution in [-0.2, 0) is 6.42 Å². The summed E-state index contributed by atoms with van der Waals surface area (Å²) in [5.41, 5.74) is 0.644. The molecule has 2 aliphatic rings. The van der Waals surface area contributed by atoms with Crippen molar-refractivity contribution in [3.63, 3.8) is 0 Å². The molecule has 5 nitrogen and oxygen atoms in total. The van der Waals surface area contributed by atoms with Gasteiger partial charge in [0.1, 0.15) is 29.3 Å². The molecule has 0 amide bonds. The van der Waals surface area contributed by atoms with Gasteiger partial charge in [-0.25, -0.2) is 0 Å². The molecule has 33 heavy (non-hydrogen) atoms. The van der Waals surface area contributed by atoms with Crippen molar-refractivity contribution in [3.8, 4) is 11.5 Å². The standard InChI is InChI=1S/C28H36O5/c1-27(2,31)16-15-18-9-8-12-21-25-20(22(29)17-23(25)32-26(18)21)13-14-24(30)28(3,4)33-19-10-6-5-7-11-19/h5-14,20,22-25,29-31H,15-17H2,1-4H3/b14-13+/t20-,22+,23-,24+,25-/m0/s1. The maximum atomic E-state index is 10.9. The molecule has 0 aromatic heterocycles. The predicted molar refractivity (Wildman–Crippen MR) is 129 cm³/mol. The fourth-order valence-corrected chi connectivity index (χ4v) is 4.92. The highest BCUT2D eigenvalue weighted by Gasteiger charge is 2.49. The number of ether oxygens (including phenoxy) is 2. The first-order valence-electron chi connectivity index (χ1n) is 11.8. The number of fused-ring (bicyclic) bond motifs is 3. The van der Waals surface area contributed by atoms with Crippen LogP contribution in [0.15, 0.2) is 60.7 Å². The maximum Gasteiger partial charge on any atom is 0.133 e. The number of aliphatic hydroxyl groups excluding tert-OH is 2. The van der Waals surface area contributed by atoms with Crippen LogP contribution in [-0.4, -0.2) is 44.8 Å². The fourth-order valence-electron chi connectivity index (χ4n) is 4.92. The molecule has 0 bridgehead atoms. The number of aryl methyl sites for hydroxylation is 1. The normalized spacial score (nSPS) is 25.5. The van der Waals surface area contributed by atoms with Crippen molar-refractivity contribution in [2.45, 2.75) is 82.4 Å². The van der Waals surface area contributed by atoms with Gasteiger partial charge in [0.2, 0.25) is 0 Å². The minimum absolute atomic E-state index is 0.0405. The Bertz CT molecular complexity index is 976. The van der Waals surface area contributed by atoms with Gasteiger partial charge < -0.3 is 24.8 Å². The second-order valence-corrected chi connectivity index (χ2v) is 10.6. The third kappa shape index (κ3) is 5.26. The second-order valence-electron chi connectivity index (χ2n) is 10.6. The van der Waals surface area contributed by atoms with Gasteiger partial charge >= 0.3 is 0 Å². The van der Waals surface area contributed by atoms with Crippen molar-refractivity contribution < 1.29 is 24.8 Å². The largest absolute Gasteiger partial charge is 0.489 e. The Kier molecular flexibility index (Phi) is 6.59. The number of rotatable bonds is 8. The van der Waals surface area contributed by atoms with Crippen molar-refractivity contribution in [1.29, 1.82) is 0 Å². The smallest absolute Gasteiger partial charge is 0.133 e. The van der Waals surface area contributed by atoms with Gasteiger partial charge in [0.05, 0.1) is 11.7 Å². The van der Waals surface area contributed by atoms with Gasteiger partial charge in [0.15, 0.2) is 0 Å². The summed E-state index contributed by atoms with van der Waals surface area (Å²) in [5, 5.41) is 31.8. The van der Waals surface area contributed by atoms with E-state index < -0.39 is 23.4 Å². The SMILES string of the molecule is CC(C)(O)CCc1cccc2c1O[C@H]1C[C@@H](O)[C@H](/C=C/[C@@H](O)C(C)(C)Oc3ccccc3)[C@@H]21. The van der Waals surface area contributed by atoms with Crippen LogP contribution in [0.5, 0.6) is 11.5 Å². The predicted octanol–water partition coefficient (Wildman–Crippen LogP) is 4.39. The fraction of sp³-hybridized carbons (Fsp3) is 0.500. The van der Waals surface area contributed by atoms with Crippen molar-refractivity contribution in [2.24, 2.45) is 5.92 Å². The molecule has 2 aromatic carbocycles. The van der Waals surface area contributed by atoms with Crippen LogP contribution in [0.25, 0.3) is 0 Å². The lowest BCUT2D eigenvalue weighted by atomic mass is 9.85. The van der Waals surface area contributed by atoms with Crippen LogP contribution < -0.4 is 9.47 Å². The maximum absolute atomic E-state index is 10.9. The molecule has 1 fully saturated rings. The summed E-state index contributed by atoms with van der Waals surface area (Å²) in [5.74, 6) is 1.49. The van der Waals surface area contributed by atoms with Crippen LogP contribution in [0.3, 0.4) is 0 Å². The highest BCUT2D eigenvalue weighted by Crippen LogP contribution is 2.52. The Morgan fingerprint density at radius 3 is 2.52 bits per heavy atom. The van der Waals surface area contributed by atoms with E-state index in [2.05, 4.69) is 12.1 Å².